The molecule has 8 heteroatoms. The summed E-state index contributed by atoms with van der Waals surface area (Å²) in [6, 6.07) is 5.93. The molecule has 2 fully saturated rings. The van der Waals surface area contributed by atoms with Gasteiger partial charge in [0.05, 0.1) is 0 Å². The van der Waals surface area contributed by atoms with Crippen LogP contribution in [-0.4, -0.2) is 58.6 Å². The molecule has 162 valence electrons. The highest BCUT2D eigenvalue weighted by atomic mass is 16.2. The van der Waals surface area contributed by atoms with Gasteiger partial charge in [-0.15, -0.1) is 0 Å². The van der Waals surface area contributed by atoms with Crippen LogP contribution in [0.3, 0.4) is 0 Å². The van der Waals surface area contributed by atoms with E-state index in [-0.39, 0.29) is 23.6 Å². The van der Waals surface area contributed by atoms with E-state index < -0.39 is 12.1 Å². The summed E-state index contributed by atoms with van der Waals surface area (Å²) >= 11 is 0. The molecule has 2 unspecified atom stereocenters. The molecule has 0 aromatic heterocycles. The Bertz CT molecular complexity index is 762. The molecule has 1 aromatic rings. The van der Waals surface area contributed by atoms with Crippen molar-refractivity contribution < 1.29 is 19.2 Å². The van der Waals surface area contributed by atoms with Crippen molar-refractivity contribution in [2.75, 3.05) is 23.7 Å². The largest absolute Gasteiger partial charge is 0.331 e. The van der Waals surface area contributed by atoms with Crippen LogP contribution in [0.15, 0.2) is 24.3 Å². The second kappa shape index (κ2) is 9.73. The van der Waals surface area contributed by atoms with Crippen LogP contribution in [-0.2, 0) is 19.2 Å². The first-order chi connectivity index (χ1) is 14.4. The normalized spacial score (nSPS) is 18.5. The summed E-state index contributed by atoms with van der Waals surface area (Å²) in [6.45, 7) is 4.98. The molecule has 0 aliphatic carbocycles. The summed E-state index contributed by atoms with van der Waals surface area (Å²) in [5, 5.41) is 5.72. The van der Waals surface area contributed by atoms with E-state index in [4.69, 9.17) is 0 Å². The Labute approximate surface area is 177 Å². The number of carbonyl (C=O) groups excluding carboxylic acids is 4. The van der Waals surface area contributed by atoms with E-state index in [1.54, 1.807) is 34.1 Å². The first-order valence-corrected chi connectivity index (χ1v) is 10.7. The lowest BCUT2D eigenvalue weighted by atomic mass is 10.1. The molecule has 8 nitrogen and oxygen atoms in total. The fourth-order valence-electron chi connectivity index (χ4n) is 4.22. The van der Waals surface area contributed by atoms with Crippen LogP contribution in [0.25, 0.3) is 0 Å². The van der Waals surface area contributed by atoms with Crippen molar-refractivity contribution in [1.29, 1.82) is 0 Å². The van der Waals surface area contributed by atoms with Crippen LogP contribution in [0.2, 0.25) is 0 Å². The molecule has 2 saturated heterocycles. The minimum atomic E-state index is -0.496. The molecule has 0 bridgehead atoms. The summed E-state index contributed by atoms with van der Waals surface area (Å²) < 4.78 is 0. The topological polar surface area (TPSA) is 98.8 Å². The number of hydrogen-bond acceptors (Lipinski definition) is 4. The maximum Gasteiger partial charge on any atom is 0.247 e. The van der Waals surface area contributed by atoms with Gasteiger partial charge in [-0.2, -0.15) is 0 Å². The zero-order valence-corrected chi connectivity index (χ0v) is 17.6. The van der Waals surface area contributed by atoms with Gasteiger partial charge in [-0.05, 0) is 43.9 Å². The van der Waals surface area contributed by atoms with Gasteiger partial charge in [-0.25, -0.2) is 0 Å². The lowest BCUT2D eigenvalue weighted by Gasteiger charge is -2.26. The Hall–Kier alpha value is -2.90. The predicted molar refractivity (Wildman–Crippen MR) is 114 cm³/mol. The van der Waals surface area contributed by atoms with E-state index in [1.807, 2.05) is 13.8 Å². The van der Waals surface area contributed by atoms with E-state index in [1.165, 1.54) is 0 Å². The number of anilines is 2. The van der Waals surface area contributed by atoms with Gasteiger partial charge in [-0.1, -0.05) is 19.9 Å². The first kappa shape index (κ1) is 21.8. The molecule has 0 saturated carbocycles. The van der Waals surface area contributed by atoms with Crippen molar-refractivity contribution in [2.45, 2.75) is 64.5 Å². The Morgan fingerprint density at radius 3 is 1.63 bits per heavy atom. The van der Waals surface area contributed by atoms with Gasteiger partial charge in [-0.3, -0.25) is 19.2 Å². The van der Waals surface area contributed by atoms with E-state index in [9.17, 15) is 19.2 Å². The molecule has 3 rings (SSSR count). The fourth-order valence-corrected chi connectivity index (χ4v) is 4.22. The van der Waals surface area contributed by atoms with Crippen molar-refractivity contribution in [2.24, 2.45) is 0 Å². The van der Waals surface area contributed by atoms with Crippen LogP contribution in [0.4, 0.5) is 11.4 Å². The molecular weight excluding hydrogens is 384 g/mol. The van der Waals surface area contributed by atoms with Crippen LogP contribution >= 0.6 is 0 Å². The zero-order chi connectivity index (χ0) is 21.7. The summed E-state index contributed by atoms with van der Waals surface area (Å²) in [6.07, 6.45) is 3.61. The Kier molecular flexibility index (Phi) is 7.07. The number of nitrogens with zero attached hydrogens (tertiary/aromatic N) is 2. The van der Waals surface area contributed by atoms with Crippen molar-refractivity contribution in [3.05, 3.63) is 24.3 Å². The highest BCUT2D eigenvalue weighted by Gasteiger charge is 2.32. The lowest BCUT2D eigenvalue weighted by Crippen LogP contribution is -2.44. The fraction of sp³-hybridized carbons (Fsp3) is 0.545. The summed E-state index contributed by atoms with van der Waals surface area (Å²) in [5.74, 6) is -0.434. The van der Waals surface area contributed by atoms with E-state index in [0.717, 1.165) is 12.8 Å². The average Bonchev–Trinajstić information content (AvgIpc) is 3.32. The maximum absolute atomic E-state index is 12.7. The molecule has 2 atom stereocenters. The van der Waals surface area contributed by atoms with E-state index >= 15 is 0 Å². The average molecular weight is 415 g/mol. The standard InChI is InChI=1S/C22H30N4O4/c1-3-17(25-12-6-10-19(25)27)21(29)23-15-8-5-9-16(14-15)24-22(30)18(4-2)26-13-7-11-20(26)28/h5,8-9,14,17-18H,3-4,6-7,10-13H2,1-2H3,(H,23,29)(H,24,30). The monoisotopic (exact) mass is 414 g/mol. The molecule has 2 aliphatic rings. The molecule has 4 amide bonds. The lowest BCUT2D eigenvalue weighted by molar-refractivity contribution is -0.135. The Balaban J connectivity index is 1.65. The molecule has 2 aliphatic heterocycles. The van der Waals surface area contributed by atoms with Gasteiger partial charge in [0.2, 0.25) is 23.6 Å². The number of carbonyl (C=O) groups is 4. The van der Waals surface area contributed by atoms with Gasteiger partial charge in [0, 0.05) is 37.3 Å². The number of likely N-dealkylation sites (tertiary alicyclic amines) is 2. The molecule has 1 aromatic carbocycles. The number of rotatable bonds is 8. The van der Waals surface area contributed by atoms with Crippen molar-refractivity contribution >= 4 is 35.0 Å². The second-order valence-electron chi connectivity index (χ2n) is 7.79. The highest BCUT2D eigenvalue weighted by molar-refractivity contribution is 6.00. The Morgan fingerprint density at radius 2 is 1.30 bits per heavy atom. The van der Waals surface area contributed by atoms with Crippen LogP contribution in [0, 0.1) is 0 Å². The summed E-state index contributed by atoms with van der Waals surface area (Å²) in [4.78, 5) is 52.8. The third kappa shape index (κ3) is 4.80. The number of nitrogens with one attached hydrogen (secondary N) is 2. The molecule has 2 N–H and O–H groups in total. The number of benzene rings is 1. The van der Waals surface area contributed by atoms with Crippen molar-refractivity contribution in [3.63, 3.8) is 0 Å². The predicted octanol–water partition coefficient (Wildman–Crippen LogP) is 2.37. The number of amides is 4. The van der Waals surface area contributed by atoms with Gasteiger partial charge >= 0.3 is 0 Å². The van der Waals surface area contributed by atoms with Crippen LogP contribution < -0.4 is 10.6 Å². The molecule has 0 spiro atoms. The first-order valence-electron chi connectivity index (χ1n) is 10.7. The quantitative estimate of drug-likeness (QED) is 0.682. The molecule has 0 radical (unpaired) electrons. The molecule has 2 heterocycles. The van der Waals surface area contributed by atoms with Crippen molar-refractivity contribution in [1.82, 2.24) is 9.80 Å². The maximum atomic E-state index is 12.7. The third-order valence-corrected chi connectivity index (χ3v) is 5.75. The van der Waals surface area contributed by atoms with Crippen molar-refractivity contribution in [3.8, 4) is 0 Å². The third-order valence-electron chi connectivity index (χ3n) is 5.75. The molecule has 30 heavy (non-hydrogen) atoms. The van der Waals surface area contributed by atoms with E-state index in [2.05, 4.69) is 10.6 Å². The Morgan fingerprint density at radius 1 is 0.867 bits per heavy atom. The molecular formula is C22H30N4O4. The van der Waals surface area contributed by atoms with Crippen LogP contribution in [0.1, 0.15) is 52.4 Å². The summed E-state index contributed by atoms with van der Waals surface area (Å²) in [5.41, 5.74) is 1.10. The zero-order valence-electron chi connectivity index (χ0n) is 17.6. The number of hydrogen-bond donors (Lipinski definition) is 2. The van der Waals surface area contributed by atoms with Gasteiger partial charge in [0.25, 0.3) is 0 Å². The summed E-state index contributed by atoms with van der Waals surface area (Å²) in [7, 11) is 0. The van der Waals surface area contributed by atoms with E-state index in [0.29, 0.717) is 50.1 Å². The minimum absolute atomic E-state index is 0.0140. The second-order valence-corrected chi connectivity index (χ2v) is 7.79. The highest BCUT2D eigenvalue weighted by Crippen LogP contribution is 2.21. The van der Waals surface area contributed by atoms with Gasteiger partial charge in [0.15, 0.2) is 0 Å². The van der Waals surface area contributed by atoms with Gasteiger partial charge in [0.1, 0.15) is 12.1 Å². The SMILES string of the molecule is CCC(C(=O)Nc1cccc(NC(=O)C(CC)N2CCCC2=O)c1)N1CCCC1=O. The smallest absolute Gasteiger partial charge is 0.247 e. The van der Waals surface area contributed by atoms with Gasteiger partial charge < -0.3 is 20.4 Å². The minimum Gasteiger partial charge on any atom is -0.331 e. The van der Waals surface area contributed by atoms with Crippen LogP contribution in [0.5, 0.6) is 0 Å².